The molecule has 61 heavy (non-hydrogen) atoms. The van der Waals surface area contributed by atoms with E-state index in [1.165, 1.54) is 116 Å². The molecule has 352 valence electrons. The molecule has 0 spiro atoms. The number of carbonyl (C=O) groups excluding carboxylic acids is 2. The van der Waals surface area contributed by atoms with Crippen molar-refractivity contribution in [1.29, 1.82) is 0 Å². The molecule has 3 unspecified atom stereocenters. The highest BCUT2D eigenvalue weighted by Gasteiger charge is 2.23. The van der Waals surface area contributed by atoms with Gasteiger partial charge in [-0.2, -0.15) is 0 Å². The van der Waals surface area contributed by atoms with Crippen LogP contribution in [0.1, 0.15) is 239 Å². The van der Waals surface area contributed by atoms with Gasteiger partial charge >= 0.3 is 5.97 Å². The Hall–Kier alpha value is -2.70. The monoisotopic (exact) mass is 852 g/mol. The first-order valence-corrected chi connectivity index (χ1v) is 25.7. The number of esters is 1. The fraction of sp³-hybridized carbons (Fsp3) is 0.745. The highest BCUT2D eigenvalue weighted by molar-refractivity contribution is 5.77. The predicted molar refractivity (Wildman–Crippen MR) is 264 cm³/mol. The Bertz CT molecular complexity index is 1140. The SMILES string of the molecule is CC/C=C/C/C=C/C/C=C/C/C=C/C/C=C/CCC(=O)OC(CCC/C=C\CCCCCCCCC)CC(=O)NC(CO)C(O)CCCCCCCCCCCCCCCC. The summed E-state index contributed by atoms with van der Waals surface area (Å²) in [7, 11) is 0. The van der Waals surface area contributed by atoms with Gasteiger partial charge in [0.15, 0.2) is 0 Å². The molecule has 0 aromatic carbocycles. The van der Waals surface area contributed by atoms with E-state index in [9.17, 15) is 19.8 Å². The maximum absolute atomic E-state index is 13.2. The first kappa shape index (κ1) is 58.3. The number of unbranched alkanes of at least 4 members (excludes halogenated alkanes) is 21. The summed E-state index contributed by atoms with van der Waals surface area (Å²) in [6.45, 7) is 6.34. The van der Waals surface area contributed by atoms with Crippen LogP contribution in [0, 0.1) is 0 Å². The molecule has 0 bridgehead atoms. The lowest BCUT2D eigenvalue weighted by atomic mass is 10.0. The van der Waals surface area contributed by atoms with Crippen LogP contribution in [0.2, 0.25) is 0 Å². The minimum atomic E-state index is -0.808. The lowest BCUT2D eigenvalue weighted by Gasteiger charge is -2.24. The molecule has 0 radical (unpaired) electrons. The number of aliphatic hydroxyl groups excluding tert-OH is 2. The number of hydrogen-bond acceptors (Lipinski definition) is 5. The van der Waals surface area contributed by atoms with Crippen molar-refractivity contribution >= 4 is 11.9 Å². The molecule has 0 heterocycles. The van der Waals surface area contributed by atoms with Crippen LogP contribution < -0.4 is 5.32 Å². The quantitative estimate of drug-likeness (QED) is 0.0322. The van der Waals surface area contributed by atoms with Crippen LogP contribution in [0.5, 0.6) is 0 Å². The lowest BCUT2D eigenvalue weighted by Crippen LogP contribution is -2.46. The second-order valence-corrected chi connectivity index (χ2v) is 17.2. The first-order valence-electron chi connectivity index (χ1n) is 25.7. The fourth-order valence-electron chi connectivity index (χ4n) is 7.42. The number of nitrogens with one attached hydrogen (secondary N) is 1. The zero-order chi connectivity index (χ0) is 44.5. The van der Waals surface area contributed by atoms with Crippen LogP contribution in [-0.2, 0) is 14.3 Å². The van der Waals surface area contributed by atoms with Gasteiger partial charge in [-0.05, 0) is 77.0 Å². The van der Waals surface area contributed by atoms with Gasteiger partial charge in [-0.1, -0.05) is 222 Å². The van der Waals surface area contributed by atoms with Gasteiger partial charge < -0.3 is 20.3 Å². The maximum Gasteiger partial charge on any atom is 0.306 e. The number of hydrogen-bond donors (Lipinski definition) is 3. The number of allylic oxidation sites excluding steroid dienone is 12. The molecule has 0 aliphatic heterocycles. The summed E-state index contributed by atoms with van der Waals surface area (Å²) in [4.78, 5) is 26.1. The molecule has 1 amide bonds. The Kier molecular flexibility index (Phi) is 46.2. The normalized spacial score (nSPS) is 13.9. The summed E-state index contributed by atoms with van der Waals surface area (Å²) in [6, 6.07) is -0.726. The molecule has 6 nitrogen and oxygen atoms in total. The van der Waals surface area contributed by atoms with Crippen molar-refractivity contribution in [3.63, 3.8) is 0 Å². The molecule has 0 fully saturated rings. The number of ether oxygens (including phenoxy) is 1. The highest BCUT2D eigenvalue weighted by Crippen LogP contribution is 2.16. The lowest BCUT2D eigenvalue weighted by molar-refractivity contribution is -0.150. The third kappa shape index (κ3) is 43.7. The molecule has 0 aliphatic carbocycles. The van der Waals surface area contributed by atoms with Crippen molar-refractivity contribution in [3.8, 4) is 0 Å². The Morgan fingerprint density at radius 2 is 0.902 bits per heavy atom. The predicted octanol–water partition coefficient (Wildman–Crippen LogP) is 15.4. The number of aliphatic hydroxyl groups is 2. The Balaban J connectivity index is 4.69. The van der Waals surface area contributed by atoms with E-state index < -0.39 is 18.2 Å². The minimum absolute atomic E-state index is 0.0250. The Morgan fingerprint density at radius 1 is 0.492 bits per heavy atom. The van der Waals surface area contributed by atoms with Gasteiger partial charge in [-0.25, -0.2) is 0 Å². The van der Waals surface area contributed by atoms with Gasteiger partial charge in [0.05, 0.1) is 25.2 Å². The average Bonchev–Trinajstić information content (AvgIpc) is 3.25. The van der Waals surface area contributed by atoms with Gasteiger partial charge in [0, 0.05) is 6.42 Å². The van der Waals surface area contributed by atoms with Gasteiger partial charge in [0.1, 0.15) is 6.10 Å². The summed E-state index contributed by atoms with van der Waals surface area (Å²) in [5, 5.41) is 23.7. The second-order valence-electron chi connectivity index (χ2n) is 17.2. The van der Waals surface area contributed by atoms with Crippen molar-refractivity contribution in [1.82, 2.24) is 5.32 Å². The van der Waals surface area contributed by atoms with Gasteiger partial charge in [-0.15, -0.1) is 0 Å². The maximum atomic E-state index is 13.2. The van der Waals surface area contributed by atoms with Crippen LogP contribution in [0.15, 0.2) is 72.9 Å². The van der Waals surface area contributed by atoms with Gasteiger partial charge in [-0.3, -0.25) is 9.59 Å². The van der Waals surface area contributed by atoms with Crippen molar-refractivity contribution in [2.45, 2.75) is 257 Å². The third-order valence-electron chi connectivity index (χ3n) is 11.3. The van der Waals surface area contributed by atoms with Crippen LogP contribution in [0.4, 0.5) is 0 Å². The molecule has 0 saturated heterocycles. The van der Waals surface area contributed by atoms with E-state index in [2.05, 4.69) is 92.9 Å². The zero-order valence-corrected chi connectivity index (χ0v) is 40.0. The summed E-state index contributed by atoms with van der Waals surface area (Å²) >= 11 is 0. The smallest absolute Gasteiger partial charge is 0.306 e. The van der Waals surface area contributed by atoms with Crippen molar-refractivity contribution < 1.29 is 24.5 Å². The van der Waals surface area contributed by atoms with E-state index >= 15 is 0 Å². The summed E-state index contributed by atoms with van der Waals surface area (Å²) in [5.41, 5.74) is 0. The summed E-state index contributed by atoms with van der Waals surface area (Å²) in [6.07, 6.45) is 61.2. The Labute approximate surface area is 377 Å². The molecule has 6 heteroatoms. The van der Waals surface area contributed by atoms with Crippen LogP contribution in [0.25, 0.3) is 0 Å². The third-order valence-corrected chi connectivity index (χ3v) is 11.3. The van der Waals surface area contributed by atoms with Crippen molar-refractivity contribution in [3.05, 3.63) is 72.9 Å². The molecule has 0 saturated carbocycles. The second kappa shape index (κ2) is 48.3. The zero-order valence-electron chi connectivity index (χ0n) is 40.0. The largest absolute Gasteiger partial charge is 0.462 e. The van der Waals surface area contributed by atoms with Crippen LogP contribution >= 0.6 is 0 Å². The summed E-state index contributed by atoms with van der Waals surface area (Å²) in [5.74, 6) is -0.603. The first-order chi connectivity index (χ1) is 30.0. The molecular weight excluding hydrogens is 755 g/mol. The van der Waals surface area contributed by atoms with Crippen LogP contribution in [-0.4, -0.2) is 46.9 Å². The molecule has 0 rings (SSSR count). The van der Waals surface area contributed by atoms with Crippen molar-refractivity contribution in [2.24, 2.45) is 0 Å². The van der Waals surface area contributed by atoms with Gasteiger partial charge in [0.2, 0.25) is 5.91 Å². The number of carbonyl (C=O) groups is 2. The molecule has 0 aliphatic rings. The standard InChI is InChI=1S/C55H97NO5/c1-4-7-10-13-16-19-22-25-27-28-30-33-36-39-42-45-48-55(60)61-51(46-43-40-37-34-31-24-21-18-15-12-9-6-3)49-54(59)56-52(50-57)53(58)47-44-41-38-35-32-29-26-23-20-17-14-11-8-5-2/h7,10,16,19,25,27,30,33-34,37,39,42,51-53,57-58H,4-6,8-9,11-15,17-18,20-24,26,28-29,31-32,35-36,38,40-41,43-50H2,1-3H3,(H,56,59)/b10-7+,19-16+,27-25+,33-30+,37-34-,42-39+. The van der Waals surface area contributed by atoms with Crippen molar-refractivity contribution in [2.75, 3.05) is 6.61 Å². The van der Waals surface area contributed by atoms with E-state index in [0.29, 0.717) is 19.3 Å². The number of rotatable bonds is 45. The van der Waals surface area contributed by atoms with E-state index in [1.807, 2.05) is 6.08 Å². The van der Waals surface area contributed by atoms with Crippen LogP contribution in [0.3, 0.4) is 0 Å². The van der Waals surface area contributed by atoms with E-state index in [1.54, 1.807) is 0 Å². The number of amides is 1. The minimum Gasteiger partial charge on any atom is -0.462 e. The molecule has 3 N–H and O–H groups in total. The highest BCUT2D eigenvalue weighted by atomic mass is 16.5. The molecule has 3 atom stereocenters. The topological polar surface area (TPSA) is 95.9 Å². The Morgan fingerprint density at radius 3 is 1.38 bits per heavy atom. The summed E-state index contributed by atoms with van der Waals surface area (Å²) < 4.78 is 5.87. The van der Waals surface area contributed by atoms with E-state index in [4.69, 9.17) is 4.74 Å². The molecule has 0 aromatic rings. The fourth-order valence-corrected chi connectivity index (χ4v) is 7.42. The van der Waals surface area contributed by atoms with E-state index in [-0.39, 0.29) is 31.3 Å². The van der Waals surface area contributed by atoms with Gasteiger partial charge in [0.25, 0.3) is 0 Å². The molecular formula is C55H97NO5. The molecule has 0 aromatic heterocycles. The average molecular weight is 852 g/mol. The van der Waals surface area contributed by atoms with E-state index in [0.717, 1.165) is 70.6 Å².